The second-order valence-electron chi connectivity index (χ2n) is 9.58. The summed E-state index contributed by atoms with van der Waals surface area (Å²) in [6.07, 6.45) is 8.66. The van der Waals surface area contributed by atoms with Gasteiger partial charge in [-0.1, -0.05) is 12.8 Å². The van der Waals surface area contributed by atoms with E-state index in [4.69, 9.17) is 0 Å². The van der Waals surface area contributed by atoms with E-state index in [0.29, 0.717) is 56.4 Å². The maximum Gasteiger partial charge on any atom is 0.261 e. The van der Waals surface area contributed by atoms with Crippen LogP contribution in [0.25, 0.3) is 0 Å². The smallest absolute Gasteiger partial charge is 0.261 e. The number of hydrogen-bond acceptors (Lipinski definition) is 4. The molecule has 3 heterocycles. The molecule has 0 radical (unpaired) electrons. The molecule has 1 saturated heterocycles. The van der Waals surface area contributed by atoms with Gasteiger partial charge in [0.25, 0.3) is 11.5 Å². The summed E-state index contributed by atoms with van der Waals surface area (Å²) >= 11 is 0. The van der Waals surface area contributed by atoms with Crippen LogP contribution in [0.1, 0.15) is 60.0 Å². The van der Waals surface area contributed by atoms with Crippen LogP contribution in [0.4, 0.5) is 0 Å². The number of likely N-dealkylation sites (tertiary alicyclic amines) is 1. The summed E-state index contributed by atoms with van der Waals surface area (Å²) in [5, 5.41) is 0. The second kappa shape index (κ2) is 8.92. The average Bonchev–Trinajstić information content (AvgIpc) is 3.39. The van der Waals surface area contributed by atoms with Crippen molar-refractivity contribution in [3.63, 3.8) is 0 Å². The Morgan fingerprint density at radius 3 is 2.60 bits per heavy atom. The number of fused-ring (bicyclic) bond motifs is 1. The molecular formula is C23H34N4O3. The molecule has 0 aromatic carbocycles. The third-order valence-corrected chi connectivity index (χ3v) is 6.99. The first-order valence-electron chi connectivity index (χ1n) is 11.4. The predicted molar refractivity (Wildman–Crippen MR) is 115 cm³/mol. The van der Waals surface area contributed by atoms with E-state index in [-0.39, 0.29) is 17.4 Å². The standard InChI is InChI=1S/C23H34N4O3/c1-25(2)13-17-7-9-27(14-17)23(30)21-19-8-10-26(15-18(19)12-24-22(21)29)20(28)11-16-5-3-4-6-16/h12,16-17H,3-11,13-15H2,1-2H3,(H,24,29). The highest BCUT2D eigenvalue weighted by atomic mass is 16.2. The number of aromatic amines is 1. The Morgan fingerprint density at radius 2 is 1.87 bits per heavy atom. The number of carbonyl (C=O) groups is 2. The van der Waals surface area contributed by atoms with Crippen LogP contribution in [0.5, 0.6) is 0 Å². The van der Waals surface area contributed by atoms with Crippen molar-refractivity contribution in [2.24, 2.45) is 11.8 Å². The number of H-pyrrole nitrogens is 1. The lowest BCUT2D eigenvalue weighted by Crippen LogP contribution is -2.40. The van der Waals surface area contributed by atoms with E-state index in [2.05, 4.69) is 9.88 Å². The largest absolute Gasteiger partial charge is 0.338 e. The van der Waals surface area contributed by atoms with E-state index in [0.717, 1.165) is 36.9 Å². The molecule has 164 valence electrons. The molecule has 30 heavy (non-hydrogen) atoms. The highest BCUT2D eigenvalue weighted by Gasteiger charge is 2.33. The zero-order valence-corrected chi connectivity index (χ0v) is 18.3. The van der Waals surface area contributed by atoms with Gasteiger partial charge in [-0.15, -0.1) is 0 Å². The van der Waals surface area contributed by atoms with Crippen molar-refractivity contribution in [3.8, 4) is 0 Å². The highest BCUT2D eigenvalue weighted by molar-refractivity contribution is 5.96. The second-order valence-corrected chi connectivity index (χ2v) is 9.58. The number of rotatable bonds is 5. The van der Waals surface area contributed by atoms with Crippen molar-refractivity contribution in [3.05, 3.63) is 33.2 Å². The number of carbonyl (C=O) groups excluding carboxylic acids is 2. The van der Waals surface area contributed by atoms with E-state index in [9.17, 15) is 14.4 Å². The summed E-state index contributed by atoms with van der Waals surface area (Å²) in [5.74, 6) is 1.03. The number of pyridine rings is 1. The molecule has 1 N–H and O–H groups in total. The van der Waals surface area contributed by atoms with E-state index in [1.807, 2.05) is 23.9 Å². The van der Waals surface area contributed by atoms with E-state index < -0.39 is 0 Å². The Labute approximate surface area is 178 Å². The van der Waals surface area contributed by atoms with Crippen LogP contribution in [0.3, 0.4) is 0 Å². The predicted octanol–water partition coefficient (Wildman–Crippen LogP) is 1.86. The number of nitrogens with one attached hydrogen (secondary N) is 1. The molecule has 0 spiro atoms. The topological polar surface area (TPSA) is 76.7 Å². The molecule has 0 bridgehead atoms. The summed E-state index contributed by atoms with van der Waals surface area (Å²) in [5.41, 5.74) is 1.74. The fraction of sp³-hybridized carbons (Fsp3) is 0.696. The van der Waals surface area contributed by atoms with Gasteiger partial charge in [0, 0.05) is 45.3 Å². The van der Waals surface area contributed by atoms with Crippen molar-refractivity contribution in [1.29, 1.82) is 0 Å². The summed E-state index contributed by atoms with van der Waals surface area (Å²) in [6.45, 7) is 3.43. The molecule has 1 aromatic rings. The van der Waals surface area contributed by atoms with Crippen molar-refractivity contribution >= 4 is 11.8 Å². The number of aromatic nitrogens is 1. The van der Waals surface area contributed by atoms with Crippen molar-refractivity contribution in [2.45, 2.75) is 51.5 Å². The Bertz CT molecular complexity index is 856. The molecule has 1 aromatic heterocycles. The van der Waals surface area contributed by atoms with Gasteiger partial charge < -0.3 is 19.7 Å². The first-order valence-corrected chi connectivity index (χ1v) is 11.4. The first-order chi connectivity index (χ1) is 14.4. The molecule has 7 heteroatoms. The van der Waals surface area contributed by atoms with Gasteiger partial charge in [-0.2, -0.15) is 0 Å². The van der Waals surface area contributed by atoms with Gasteiger partial charge >= 0.3 is 0 Å². The van der Waals surface area contributed by atoms with Crippen LogP contribution in [-0.2, 0) is 17.8 Å². The van der Waals surface area contributed by atoms with E-state index in [1.165, 1.54) is 12.8 Å². The molecule has 2 amide bonds. The van der Waals surface area contributed by atoms with Gasteiger partial charge in [-0.05, 0) is 62.7 Å². The molecule has 2 aliphatic heterocycles. The van der Waals surface area contributed by atoms with Crippen molar-refractivity contribution in [2.75, 3.05) is 40.3 Å². The fourth-order valence-corrected chi connectivity index (χ4v) is 5.44. The lowest BCUT2D eigenvalue weighted by Gasteiger charge is -2.31. The summed E-state index contributed by atoms with van der Waals surface area (Å²) in [4.78, 5) is 47.2. The average molecular weight is 415 g/mol. The van der Waals surface area contributed by atoms with Gasteiger partial charge in [0.2, 0.25) is 5.91 Å². The summed E-state index contributed by atoms with van der Waals surface area (Å²) in [7, 11) is 4.09. The van der Waals surface area contributed by atoms with Crippen LogP contribution >= 0.6 is 0 Å². The fourth-order valence-electron chi connectivity index (χ4n) is 5.44. The van der Waals surface area contributed by atoms with Crippen LogP contribution in [0, 0.1) is 11.8 Å². The number of hydrogen-bond donors (Lipinski definition) is 1. The van der Waals surface area contributed by atoms with Crippen molar-refractivity contribution in [1.82, 2.24) is 19.7 Å². The maximum atomic E-state index is 13.2. The molecular weight excluding hydrogens is 380 g/mol. The van der Waals surface area contributed by atoms with Gasteiger partial charge in [0.15, 0.2) is 0 Å². The highest BCUT2D eigenvalue weighted by Crippen LogP contribution is 2.29. The van der Waals surface area contributed by atoms with Gasteiger partial charge in [0.1, 0.15) is 5.56 Å². The molecule has 4 rings (SSSR count). The van der Waals surface area contributed by atoms with Crippen LogP contribution in [-0.4, -0.2) is 71.8 Å². The summed E-state index contributed by atoms with van der Waals surface area (Å²) in [6, 6.07) is 0. The van der Waals surface area contributed by atoms with E-state index in [1.54, 1.807) is 6.20 Å². The summed E-state index contributed by atoms with van der Waals surface area (Å²) < 4.78 is 0. The monoisotopic (exact) mass is 414 g/mol. The third kappa shape index (κ3) is 4.46. The Hall–Kier alpha value is -2.15. The first kappa shape index (κ1) is 21.1. The van der Waals surface area contributed by atoms with Crippen LogP contribution < -0.4 is 5.56 Å². The Balaban J connectivity index is 1.47. The Kier molecular flexibility index (Phi) is 6.27. The molecule has 3 aliphatic rings. The molecule has 7 nitrogen and oxygen atoms in total. The third-order valence-electron chi connectivity index (χ3n) is 6.99. The van der Waals surface area contributed by atoms with Crippen LogP contribution in [0.2, 0.25) is 0 Å². The van der Waals surface area contributed by atoms with Crippen LogP contribution in [0.15, 0.2) is 11.0 Å². The molecule has 1 atom stereocenters. The number of nitrogens with zero attached hydrogens (tertiary/aromatic N) is 3. The number of amides is 2. The van der Waals surface area contributed by atoms with Gasteiger partial charge in [-0.3, -0.25) is 14.4 Å². The van der Waals surface area contributed by atoms with Gasteiger partial charge in [0.05, 0.1) is 0 Å². The quantitative estimate of drug-likeness (QED) is 0.798. The lowest BCUT2D eigenvalue weighted by molar-refractivity contribution is -0.133. The molecule has 2 fully saturated rings. The van der Waals surface area contributed by atoms with Crippen molar-refractivity contribution < 1.29 is 9.59 Å². The zero-order valence-electron chi connectivity index (χ0n) is 18.3. The molecule has 1 unspecified atom stereocenters. The Morgan fingerprint density at radius 1 is 1.10 bits per heavy atom. The molecule has 1 saturated carbocycles. The zero-order chi connectivity index (χ0) is 21.3. The minimum absolute atomic E-state index is 0.153. The maximum absolute atomic E-state index is 13.2. The van der Waals surface area contributed by atoms with E-state index >= 15 is 0 Å². The minimum Gasteiger partial charge on any atom is -0.338 e. The molecule has 1 aliphatic carbocycles. The minimum atomic E-state index is -0.305. The normalized spacial score (nSPS) is 22.0. The SMILES string of the molecule is CN(C)CC1CCN(C(=O)c2c3c(c[nH]c2=O)CN(C(=O)CC2CCCC2)CC3)C1. The van der Waals surface area contributed by atoms with Gasteiger partial charge in [-0.25, -0.2) is 0 Å². The lowest BCUT2D eigenvalue weighted by atomic mass is 9.95.